The lowest BCUT2D eigenvalue weighted by molar-refractivity contribution is 0.0616. The maximum absolute atomic E-state index is 12.5. The van der Waals surface area contributed by atoms with Crippen molar-refractivity contribution in [1.29, 1.82) is 5.26 Å². The molecule has 1 aliphatic rings. The highest BCUT2D eigenvalue weighted by Gasteiger charge is 2.25. The third kappa shape index (κ3) is 3.32. The van der Waals surface area contributed by atoms with Gasteiger partial charge in [0.05, 0.1) is 22.7 Å². The van der Waals surface area contributed by atoms with Crippen LogP contribution in [0.5, 0.6) is 0 Å². The van der Waals surface area contributed by atoms with E-state index in [0.29, 0.717) is 36.8 Å². The molecule has 1 heterocycles. The van der Waals surface area contributed by atoms with E-state index in [0.717, 1.165) is 4.47 Å². The molecule has 1 unspecified atom stereocenters. The number of nitriles is 1. The first-order valence-electron chi connectivity index (χ1n) is 6.41. The SMILES string of the molecule is CC(C#N)N1CCN(C(=O)c2cc(Br)ccc2Cl)CC1. The number of carbonyl (C=O) groups excluding carboxylic acids is 1. The monoisotopic (exact) mass is 355 g/mol. The summed E-state index contributed by atoms with van der Waals surface area (Å²) in [6, 6.07) is 7.38. The number of nitrogens with zero attached hydrogens (tertiary/aromatic N) is 3. The molecule has 0 aromatic heterocycles. The molecule has 1 aromatic carbocycles. The van der Waals surface area contributed by atoms with Gasteiger partial charge in [0.25, 0.3) is 5.91 Å². The molecule has 1 amide bonds. The van der Waals surface area contributed by atoms with E-state index in [-0.39, 0.29) is 11.9 Å². The highest BCUT2D eigenvalue weighted by atomic mass is 79.9. The molecule has 1 fully saturated rings. The standard InChI is InChI=1S/C14H15BrClN3O/c1-10(9-17)18-4-6-19(7-5-18)14(20)12-8-11(15)2-3-13(12)16/h2-3,8,10H,4-7H2,1H3. The molecule has 4 nitrogen and oxygen atoms in total. The molecule has 1 aliphatic heterocycles. The summed E-state index contributed by atoms with van der Waals surface area (Å²) in [6.45, 7) is 4.54. The zero-order valence-corrected chi connectivity index (χ0v) is 13.5. The Morgan fingerprint density at radius 3 is 2.65 bits per heavy atom. The van der Waals surface area contributed by atoms with E-state index >= 15 is 0 Å². The highest BCUT2D eigenvalue weighted by molar-refractivity contribution is 9.10. The Morgan fingerprint density at radius 1 is 1.40 bits per heavy atom. The molecule has 0 saturated carbocycles. The van der Waals surface area contributed by atoms with Gasteiger partial charge in [0.2, 0.25) is 0 Å². The molecule has 0 radical (unpaired) electrons. The molecular formula is C14H15BrClN3O. The number of piperazine rings is 1. The van der Waals surface area contributed by atoms with E-state index in [2.05, 4.69) is 26.9 Å². The number of amides is 1. The van der Waals surface area contributed by atoms with Crippen LogP contribution in [0.1, 0.15) is 17.3 Å². The van der Waals surface area contributed by atoms with Gasteiger partial charge in [-0.3, -0.25) is 9.69 Å². The molecule has 106 valence electrons. The predicted octanol–water partition coefficient (Wildman–Crippen LogP) is 2.77. The summed E-state index contributed by atoms with van der Waals surface area (Å²) < 4.78 is 0.835. The number of hydrogen-bond donors (Lipinski definition) is 0. The molecule has 0 bridgehead atoms. The molecule has 0 N–H and O–H groups in total. The number of hydrogen-bond acceptors (Lipinski definition) is 3. The van der Waals surface area contributed by atoms with Crippen molar-refractivity contribution in [3.63, 3.8) is 0 Å². The molecule has 1 aromatic rings. The Labute approximate surface area is 132 Å². The van der Waals surface area contributed by atoms with E-state index in [1.165, 1.54) is 0 Å². The Hall–Kier alpha value is -1.09. The topological polar surface area (TPSA) is 47.3 Å². The number of benzene rings is 1. The summed E-state index contributed by atoms with van der Waals surface area (Å²) in [5, 5.41) is 9.38. The first-order valence-corrected chi connectivity index (χ1v) is 7.58. The second-order valence-electron chi connectivity index (χ2n) is 4.76. The summed E-state index contributed by atoms with van der Waals surface area (Å²) in [6.07, 6.45) is 0. The summed E-state index contributed by atoms with van der Waals surface area (Å²) in [5.41, 5.74) is 0.517. The van der Waals surface area contributed by atoms with Crippen LogP contribution in [0.25, 0.3) is 0 Å². The van der Waals surface area contributed by atoms with Gasteiger partial charge in [0.1, 0.15) is 0 Å². The third-order valence-corrected chi connectivity index (χ3v) is 4.32. The molecule has 6 heteroatoms. The van der Waals surface area contributed by atoms with Gasteiger partial charge in [-0.1, -0.05) is 27.5 Å². The van der Waals surface area contributed by atoms with Crippen LogP contribution in [0.3, 0.4) is 0 Å². The van der Waals surface area contributed by atoms with Gasteiger partial charge in [-0.15, -0.1) is 0 Å². The zero-order chi connectivity index (χ0) is 14.7. The van der Waals surface area contributed by atoms with Crippen LogP contribution >= 0.6 is 27.5 Å². The van der Waals surface area contributed by atoms with E-state index in [9.17, 15) is 4.79 Å². The lowest BCUT2D eigenvalue weighted by atomic mass is 10.1. The van der Waals surface area contributed by atoms with Gasteiger partial charge >= 0.3 is 0 Å². The van der Waals surface area contributed by atoms with Crippen molar-refractivity contribution in [1.82, 2.24) is 9.80 Å². The van der Waals surface area contributed by atoms with Crippen LogP contribution < -0.4 is 0 Å². The molecule has 0 spiro atoms. The van der Waals surface area contributed by atoms with Gasteiger partial charge < -0.3 is 4.90 Å². The molecule has 0 aliphatic carbocycles. The minimum atomic E-state index is -0.110. The van der Waals surface area contributed by atoms with E-state index in [1.807, 2.05) is 13.0 Å². The Kier molecular flexibility index (Phi) is 5.03. The number of halogens is 2. The van der Waals surface area contributed by atoms with Crippen molar-refractivity contribution < 1.29 is 4.79 Å². The Morgan fingerprint density at radius 2 is 2.05 bits per heavy atom. The first-order chi connectivity index (χ1) is 9.52. The van der Waals surface area contributed by atoms with Crippen LogP contribution in [0, 0.1) is 11.3 Å². The largest absolute Gasteiger partial charge is 0.336 e. The average molecular weight is 357 g/mol. The van der Waals surface area contributed by atoms with Gasteiger partial charge in [-0.25, -0.2) is 0 Å². The second-order valence-corrected chi connectivity index (χ2v) is 6.08. The maximum Gasteiger partial charge on any atom is 0.255 e. The van der Waals surface area contributed by atoms with Crippen molar-refractivity contribution in [3.05, 3.63) is 33.3 Å². The third-order valence-electron chi connectivity index (χ3n) is 3.49. The average Bonchev–Trinajstić information content (AvgIpc) is 2.48. The minimum Gasteiger partial charge on any atom is -0.336 e. The van der Waals surface area contributed by atoms with Gasteiger partial charge in [-0.05, 0) is 25.1 Å². The summed E-state index contributed by atoms with van der Waals surface area (Å²) >= 11 is 9.44. The van der Waals surface area contributed by atoms with Crippen molar-refractivity contribution >= 4 is 33.4 Å². The van der Waals surface area contributed by atoms with Gasteiger partial charge in [-0.2, -0.15) is 5.26 Å². The fourth-order valence-corrected chi connectivity index (χ4v) is 2.79. The number of carbonyl (C=O) groups is 1. The van der Waals surface area contributed by atoms with E-state index in [4.69, 9.17) is 16.9 Å². The van der Waals surface area contributed by atoms with E-state index in [1.54, 1.807) is 17.0 Å². The Bertz CT molecular complexity index is 550. The van der Waals surface area contributed by atoms with Crippen LogP contribution in [0.4, 0.5) is 0 Å². The minimum absolute atomic E-state index is 0.0550. The second kappa shape index (κ2) is 6.57. The van der Waals surface area contributed by atoms with Crippen molar-refractivity contribution in [2.24, 2.45) is 0 Å². The number of rotatable bonds is 2. The quantitative estimate of drug-likeness (QED) is 0.818. The van der Waals surface area contributed by atoms with Crippen LogP contribution in [0.15, 0.2) is 22.7 Å². The van der Waals surface area contributed by atoms with E-state index < -0.39 is 0 Å². The molecular weight excluding hydrogens is 342 g/mol. The summed E-state index contributed by atoms with van der Waals surface area (Å²) in [4.78, 5) is 16.3. The fourth-order valence-electron chi connectivity index (χ4n) is 2.23. The molecule has 1 atom stereocenters. The van der Waals surface area contributed by atoms with Crippen LogP contribution in [0.2, 0.25) is 5.02 Å². The Balaban J connectivity index is 2.05. The lowest BCUT2D eigenvalue weighted by Crippen LogP contribution is -2.51. The molecule has 1 saturated heterocycles. The lowest BCUT2D eigenvalue weighted by Gasteiger charge is -2.36. The van der Waals surface area contributed by atoms with Gasteiger partial charge in [0.15, 0.2) is 0 Å². The predicted molar refractivity (Wildman–Crippen MR) is 81.7 cm³/mol. The van der Waals surface area contributed by atoms with Gasteiger partial charge in [0, 0.05) is 30.7 Å². The first kappa shape index (κ1) is 15.3. The van der Waals surface area contributed by atoms with Crippen LogP contribution in [-0.2, 0) is 0 Å². The van der Waals surface area contributed by atoms with Crippen molar-refractivity contribution in [2.75, 3.05) is 26.2 Å². The summed E-state index contributed by atoms with van der Waals surface area (Å²) in [7, 11) is 0. The smallest absolute Gasteiger partial charge is 0.255 e. The molecule has 2 rings (SSSR count). The zero-order valence-electron chi connectivity index (χ0n) is 11.1. The fraction of sp³-hybridized carbons (Fsp3) is 0.429. The summed E-state index contributed by atoms with van der Waals surface area (Å²) in [5.74, 6) is -0.0550. The highest BCUT2D eigenvalue weighted by Crippen LogP contribution is 2.23. The van der Waals surface area contributed by atoms with Crippen molar-refractivity contribution in [2.45, 2.75) is 13.0 Å². The van der Waals surface area contributed by atoms with Crippen LogP contribution in [-0.4, -0.2) is 47.9 Å². The maximum atomic E-state index is 12.5. The molecule has 20 heavy (non-hydrogen) atoms. The normalized spacial score (nSPS) is 17.6. The van der Waals surface area contributed by atoms with Crippen molar-refractivity contribution in [3.8, 4) is 6.07 Å².